The molecule has 3 aromatic rings. The monoisotopic (exact) mass is 326 g/mol. The van der Waals surface area contributed by atoms with Crippen molar-refractivity contribution in [3.8, 4) is 0 Å². The highest BCUT2D eigenvalue weighted by Crippen LogP contribution is 2.08. The molecule has 0 saturated heterocycles. The number of aromatic nitrogens is 3. The van der Waals surface area contributed by atoms with Crippen molar-refractivity contribution in [1.82, 2.24) is 19.9 Å². The molecule has 2 aromatic heterocycles. The highest BCUT2D eigenvalue weighted by atomic mass is 19.1. The summed E-state index contributed by atoms with van der Waals surface area (Å²) in [6.07, 6.45) is 5.36. The van der Waals surface area contributed by atoms with Crippen LogP contribution in [0.25, 0.3) is 10.9 Å². The quantitative estimate of drug-likeness (QED) is 0.766. The predicted molar refractivity (Wildman–Crippen MR) is 86.9 cm³/mol. The summed E-state index contributed by atoms with van der Waals surface area (Å²) < 4.78 is 14.4. The smallest absolute Gasteiger partial charge is 0.261 e. The van der Waals surface area contributed by atoms with Gasteiger partial charge < -0.3 is 5.32 Å². The number of nitrogens with zero attached hydrogens (tertiary/aromatic N) is 3. The first-order chi connectivity index (χ1) is 11.6. The van der Waals surface area contributed by atoms with Crippen LogP contribution < -0.4 is 10.9 Å². The van der Waals surface area contributed by atoms with E-state index in [2.05, 4.69) is 15.3 Å². The molecule has 0 aliphatic carbocycles. The maximum Gasteiger partial charge on any atom is 0.261 e. The fraction of sp³-hybridized carbons (Fsp3) is 0.176. The molecular weight excluding hydrogens is 311 g/mol. The van der Waals surface area contributed by atoms with E-state index in [-0.39, 0.29) is 17.8 Å². The zero-order chi connectivity index (χ0) is 16.9. The Bertz CT molecular complexity index is 925. The highest BCUT2D eigenvalue weighted by molar-refractivity contribution is 5.79. The minimum Gasteiger partial charge on any atom is -0.354 e. The van der Waals surface area contributed by atoms with Gasteiger partial charge in [-0.1, -0.05) is 6.07 Å². The van der Waals surface area contributed by atoms with E-state index in [1.807, 2.05) is 12.1 Å². The van der Waals surface area contributed by atoms with Crippen molar-refractivity contribution in [2.45, 2.75) is 13.0 Å². The second-order valence-electron chi connectivity index (χ2n) is 5.30. The van der Waals surface area contributed by atoms with Crippen molar-refractivity contribution in [3.05, 3.63) is 70.8 Å². The Morgan fingerprint density at radius 3 is 2.96 bits per heavy atom. The van der Waals surface area contributed by atoms with E-state index in [1.165, 1.54) is 23.0 Å². The minimum atomic E-state index is -0.514. The lowest BCUT2D eigenvalue weighted by atomic mass is 10.2. The van der Waals surface area contributed by atoms with Gasteiger partial charge in [-0.05, 0) is 36.2 Å². The van der Waals surface area contributed by atoms with E-state index >= 15 is 0 Å². The molecular formula is C17H15FN4O2. The lowest BCUT2D eigenvalue weighted by molar-refractivity contribution is -0.121. The molecule has 0 fully saturated rings. The van der Waals surface area contributed by atoms with Crippen LogP contribution in [-0.2, 0) is 17.8 Å². The van der Waals surface area contributed by atoms with Crippen molar-refractivity contribution in [3.63, 3.8) is 0 Å². The molecule has 0 radical (unpaired) electrons. The van der Waals surface area contributed by atoms with E-state index in [1.54, 1.807) is 12.4 Å². The third-order valence-electron chi connectivity index (χ3n) is 3.56. The number of hydrogen-bond donors (Lipinski definition) is 1. The molecule has 0 aliphatic rings. The largest absolute Gasteiger partial charge is 0.354 e. The average molecular weight is 326 g/mol. The Balaban J connectivity index is 1.65. The standard InChI is InChI=1S/C17H15FN4O2/c18-13-3-4-15-14(8-13)17(24)22(11-21-15)10-16(23)20-7-5-12-2-1-6-19-9-12/h1-4,6,8-9,11H,5,7,10H2,(H,20,23). The number of fused-ring (bicyclic) bond motifs is 1. The first-order valence-corrected chi connectivity index (χ1v) is 7.44. The molecule has 0 unspecified atom stereocenters. The Hall–Kier alpha value is -3.09. The van der Waals surface area contributed by atoms with E-state index in [9.17, 15) is 14.0 Å². The molecule has 7 heteroatoms. The van der Waals surface area contributed by atoms with Crippen molar-refractivity contribution < 1.29 is 9.18 Å². The minimum absolute atomic E-state index is 0.153. The molecule has 6 nitrogen and oxygen atoms in total. The maximum atomic E-state index is 13.3. The lowest BCUT2D eigenvalue weighted by Crippen LogP contribution is -2.33. The van der Waals surface area contributed by atoms with Gasteiger partial charge in [0.2, 0.25) is 5.91 Å². The van der Waals surface area contributed by atoms with Crippen molar-refractivity contribution in [2.75, 3.05) is 6.54 Å². The molecule has 0 aliphatic heterocycles. The Kier molecular flexibility index (Phi) is 4.60. The van der Waals surface area contributed by atoms with Gasteiger partial charge in [-0.15, -0.1) is 0 Å². The summed E-state index contributed by atoms with van der Waals surface area (Å²) in [6.45, 7) is 0.278. The third-order valence-corrected chi connectivity index (χ3v) is 3.56. The van der Waals surface area contributed by atoms with Gasteiger partial charge >= 0.3 is 0 Å². The summed E-state index contributed by atoms with van der Waals surface area (Å²) in [7, 11) is 0. The van der Waals surface area contributed by atoms with Crippen LogP contribution in [-0.4, -0.2) is 27.0 Å². The number of amides is 1. The van der Waals surface area contributed by atoms with Crippen LogP contribution in [0, 0.1) is 5.82 Å². The van der Waals surface area contributed by atoms with Gasteiger partial charge in [0, 0.05) is 18.9 Å². The van der Waals surface area contributed by atoms with Gasteiger partial charge in [0.15, 0.2) is 0 Å². The second kappa shape index (κ2) is 6.99. The zero-order valence-corrected chi connectivity index (χ0v) is 12.8. The van der Waals surface area contributed by atoms with E-state index in [0.29, 0.717) is 18.5 Å². The van der Waals surface area contributed by atoms with Crippen molar-refractivity contribution in [1.29, 1.82) is 0 Å². The molecule has 2 heterocycles. The number of hydrogen-bond acceptors (Lipinski definition) is 4. The summed E-state index contributed by atoms with van der Waals surface area (Å²) in [5.41, 5.74) is 0.967. The van der Waals surface area contributed by atoms with Crippen molar-refractivity contribution in [2.24, 2.45) is 0 Å². The number of benzene rings is 1. The molecule has 0 bridgehead atoms. The molecule has 122 valence electrons. The van der Waals surface area contributed by atoms with Crippen LogP contribution >= 0.6 is 0 Å². The average Bonchev–Trinajstić information content (AvgIpc) is 2.59. The fourth-order valence-electron chi connectivity index (χ4n) is 2.35. The Morgan fingerprint density at radius 2 is 2.17 bits per heavy atom. The number of halogens is 1. The first-order valence-electron chi connectivity index (χ1n) is 7.44. The van der Waals surface area contributed by atoms with Crippen LogP contribution in [0.15, 0.2) is 53.8 Å². The summed E-state index contributed by atoms with van der Waals surface area (Å²) in [4.78, 5) is 32.3. The second-order valence-corrected chi connectivity index (χ2v) is 5.30. The van der Waals surface area contributed by atoms with Gasteiger partial charge in [0.1, 0.15) is 12.4 Å². The van der Waals surface area contributed by atoms with Crippen molar-refractivity contribution >= 4 is 16.8 Å². The summed E-state index contributed by atoms with van der Waals surface area (Å²) >= 11 is 0. The van der Waals surface area contributed by atoms with Crippen LogP contribution in [0.2, 0.25) is 0 Å². The van der Waals surface area contributed by atoms with Crippen LogP contribution in [0.1, 0.15) is 5.56 Å². The number of pyridine rings is 1. The van der Waals surface area contributed by atoms with Gasteiger partial charge in [0.25, 0.3) is 5.56 Å². The molecule has 3 rings (SSSR count). The van der Waals surface area contributed by atoms with Crippen LogP contribution in [0.3, 0.4) is 0 Å². The zero-order valence-electron chi connectivity index (χ0n) is 12.8. The maximum absolute atomic E-state index is 13.3. The number of rotatable bonds is 5. The number of carbonyl (C=O) groups is 1. The number of nitrogens with one attached hydrogen (secondary N) is 1. The van der Waals surface area contributed by atoms with Gasteiger partial charge in [0.05, 0.1) is 17.2 Å². The molecule has 0 spiro atoms. The molecule has 1 N–H and O–H groups in total. The van der Waals surface area contributed by atoms with Gasteiger partial charge in [-0.25, -0.2) is 9.37 Å². The van der Waals surface area contributed by atoms with Gasteiger partial charge in [-0.3, -0.25) is 19.1 Å². The molecule has 0 saturated carbocycles. The lowest BCUT2D eigenvalue weighted by Gasteiger charge is -2.08. The van der Waals surface area contributed by atoms with E-state index in [4.69, 9.17) is 0 Å². The molecule has 24 heavy (non-hydrogen) atoms. The third kappa shape index (κ3) is 3.62. The molecule has 0 atom stereocenters. The summed E-state index contributed by atoms with van der Waals surface area (Å²) in [5, 5.41) is 2.89. The first kappa shape index (κ1) is 15.8. The van der Waals surface area contributed by atoms with E-state index in [0.717, 1.165) is 11.6 Å². The summed E-state index contributed by atoms with van der Waals surface area (Å²) in [5.74, 6) is -0.821. The van der Waals surface area contributed by atoms with Crippen LogP contribution in [0.4, 0.5) is 4.39 Å². The van der Waals surface area contributed by atoms with Gasteiger partial charge in [-0.2, -0.15) is 0 Å². The highest BCUT2D eigenvalue weighted by Gasteiger charge is 2.08. The topological polar surface area (TPSA) is 76.9 Å². The fourth-order valence-corrected chi connectivity index (χ4v) is 2.35. The Labute approximate surface area is 137 Å². The Morgan fingerprint density at radius 1 is 1.29 bits per heavy atom. The molecule has 1 aromatic carbocycles. The SMILES string of the molecule is O=C(Cn1cnc2ccc(F)cc2c1=O)NCCc1cccnc1. The molecule has 1 amide bonds. The van der Waals surface area contributed by atoms with E-state index < -0.39 is 11.4 Å². The predicted octanol–water partition coefficient (Wildman–Crippen LogP) is 1.29. The normalized spacial score (nSPS) is 10.7. The summed E-state index contributed by atoms with van der Waals surface area (Å²) in [6, 6.07) is 7.55. The number of carbonyl (C=O) groups excluding carboxylic acids is 1. The van der Waals surface area contributed by atoms with Crippen LogP contribution in [0.5, 0.6) is 0 Å².